The molecule has 5 nitrogen and oxygen atoms in total. The van der Waals surface area contributed by atoms with Gasteiger partial charge in [-0.1, -0.05) is 0 Å². The summed E-state index contributed by atoms with van der Waals surface area (Å²) in [7, 11) is 1.57. The Balaban J connectivity index is -0.000000180. The molecule has 0 aliphatic heterocycles. The number of nitrogen functional groups attached to an aromatic ring is 1. The number of carbonyl (C=O) groups is 1. The van der Waals surface area contributed by atoms with Gasteiger partial charge < -0.3 is 35.7 Å². The molecular formula is C8H13Cl2N3O2Pt. The van der Waals surface area contributed by atoms with Crippen molar-refractivity contribution in [2.24, 2.45) is 5.84 Å². The van der Waals surface area contributed by atoms with Crippen LogP contribution in [0.15, 0.2) is 24.3 Å². The molecule has 1 rings (SSSR count). The summed E-state index contributed by atoms with van der Waals surface area (Å²) in [5, 5.41) is 0. The number of rotatable bonds is 2. The quantitative estimate of drug-likeness (QED) is 0.239. The van der Waals surface area contributed by atoms with Crippen LogP contribution in [0.5, 0.6) is 5.75 Å². The van der Waals surface area contributed by atoms with Gasteiger partial charge in [-0.25, -0.2) is 5.84 Å². The summed E-state index contributed by atoms with van der Waals surface area (Å²) < 4.78 is 4.92. The van der Waals surface area contributed by atoms with Gasteiger partial charge in [-0.05, 0) is 24.3 Å². The zero-order chi connectivity index (χ0) is 8.97. The predicted molar refractivity (Wildman–Crippen MR) is 49.7 cm³/mol. The molecule has 0 fully saturated rings. The average molecular weight is 449 g/mol. The van der Waals surface area contributed by atoms with Crippen LogP contribution in [-0.2, 0) is 21.1 Å². The molecule has 0 aliphatic rings. The molecule has 0 aliphatic carbocycles. The van der Waals surface area contributed by atoms with Gasteiger partial charge >= 0.3 is 21.1 Å². The number of hydrogen-bond acceptors (Lipinski definition) is 4. The number of ether oxygens (including phenoxy) is 1. The topological polar surface area (TPSA) is 99.3 Å². The zero-order valence-electron chi connectivity index (χ0n) is 8.48. The van der Waals surface area contributed by atoms with E-state index in [0.717, 1.165) is 0 Å². The van der Waals surface area contributed by atoms with E-state index in [1.165, 1.54) is 0 Å². The molecule has 0 saturated carbocycles. The molecule has 1 amide bonds. The number of halogens is 2. The fourth-order valence-corrected chi connectivity index (χ4v) is 0.826. The fourth-order valence-electron chi connectivity index (χ4n) is 0.826. The second-order valence-electron chi connectivity index (χ2n) is 2.20. The second kappa shape index (κ2) is 12.7. The van der Waals surface area contributed by atoms with E-state index < -0.39 is 0 Å². The average Bonchev–Trinajstić information content (AvgIpc) is 2.17. The molecule has 0 bridgehead atoms. The van der Waals surface area contributed by atoms with Crippen LogP contribution in [0, 0.1) is 0 Å². The molecule has 0 unspecified atom stereocenters. The van der Waals surface area contributed by atoms with Crippen LogP contribution in [0.4, 0.5) is 0 Å². The van der Waals surface area contributed by atoms with Crippen molar-refractivity contribution in [2.75, 3.05) is 7.11 Å². The molecule has 16 heavy (non-hydrogen) atoms. The summed E-state index contributed by atoms with van der Waals surface area (Å²) in [6.45, 7) is 0. The Morgan fingerprint density at radius 3 is 2.00 bits per heavy atom. The first-order chi connectivity index (χ1) is 5.77. The van der Waals surface area contributed by atoms with Gasteiger partial charge in [0.1, 0.15) is 5.75 Å². The maximum atomic E-state index is 10.9. The molecule has 0 atom stereocenters. The Morgan fingerprint density at radius 2 is 1.69 bits per heavy atom. The number of hydrogen-bond donors (Lipinski definition) is 3. The molecular weight excluding hydrogens is 436 g/mol. The Bertz CT molecular complexity index is 285. The molecule has 0 saturated heterocycles. The van der Waals surface area contributed by atoms with Crippen LogP contribution in [0.2, 0.25) is 0 Å². The number of benzene rings is 1. The van der Waals surface area contributed by atoms with E-state index in [2.05, 4.69) is 0 Å². The van der Waals surface area contributed by atoms with Gasteiger partial charge in [0.15, 0.2) is 0 Å². The van der Waals surface area contributed by atoms with Gasteiger partial charge in [-0.2, -0.15) is 0 Å². The maximum Gasteiger partial charge on any atom is 2.00 e. The Labute approximate surface area is 121 Å². The van der Waals surface area contributed by atoms with Crippen molar-refractivity contribution in [3.8, 4) is 5.75 Å². The number of nitrogens with one attached hydrogen (secondary N) is 1. The molecule has 0 spiro atoms. The summed E-state index contributed by atoms with van der Waals surface area (Å²) in [5.41, 5.74) is 2.55. The van der Waals surface area contributed by atoms with Crippen LogP contribution in [0.3, 0.4) is 0 Å². The number of hydrazine groups is 1. The molecule has 8 heteroatoms. The first-order valence-corrected chi connectivity index (χ1v) is 3.43. The van der Waals surface area contributed by atoms with Crippen LogP contribution >= 0.6 is 0 Å². The van der Waals surface area contributed by atoms with E-state index >= 15 is 0 Å². The Kier molecular flexibility index (Phi) is 19.7. The van der Waals surface area contributed by atoms with Crippen molar-refractivity contribution in [3.05, 3.63) is 29.8 Å². The van der Waals surface area contributed by atoms with Gasteiger partial charge in [-0.15, -0.1) is 0 Å². The normalized spacial score (nSPS) is 6.88. The van der Waals surface area contributed by atoms with Gasteiger partial charge in [0.25, 0.3) is 5.91 Å². The molecule has 0 aromatic heterocycles. The van der Waals surface area contributed by atoms with Crippen molar-refractivity contribution >= 4 is 5.91 Å². The molecule has 1 aromatic rings. The SMILES string of the molecule is COc1ccc(C(=O)NN)cc1.N.[Cl-].[Cl-].[Pt+2]. The molecule has 0 heterocycles. The summed E-state index contributed by atoms with van der Waals surface area (Å²) in [5.74, 6) is 5.35. The predicted octanol–water partition coefficient (Wildman–Crippen LogP) is -5.53. The maximum absolute atomic E-state index is 10.9. The van der Waals surface area contributed by atoms with E-state index in [-0.39, 0.29) is 57.9 Å². The second-order valence-corrected chi connectivity index (χ2v) is 2.20. The Hall–Kier alpha value is -0.322. The minimum Gasteiger partial charge on any atom is -1.00 e. The van der Waals surface area contributed by atoms with E-state index in [1.807, 2.05) is 5.43 Å². The van der Waals surface area contributed by atoms with Gasteiger partial charge in [-0.3, -0.25) is 10.2 Å². The van der Waals surface area contributed by atoms with Crippen molar-refractivity contribution in [3.63, 3.8) is 0 Å². The van der Waals surface area contributed by atoms with E-state index in [9.17, 15) is 4.79 Å². The van der Waals surface area contributed by atoms with E-state index in [0.29, 0.717) is 11.3 Å². The third-order valence-electron chi connectivity index (χ3n) is 1.48. The first kappa shape index (κ1) is 24.8. The summed E-state index contributed by atoms with van der Waals surface area (Å²) in [6.07, 6.45) is 0. The third kappa shape index (κ3) is 7.04. The zero-order valence-corrected chi connectivity index (χ0v) is 12.3. The van der Waals surface area contributed by atoms with Gasteiger partial charge in [0, 0.05) is 5.56 Å². The summed E-state index contributed by atoms with van der Waals surface area (Å²) >= 11 is 0. The standard InChI is InChI=1S/C8H10N2O2.2ClH.H3N.Pt/c1-12-7-4-2-6(3-5-7)8(11)10-9;;;;/h2-5H,9H2,1H3,(H,10,11);2*1H;1H3;/q;;;;+2/p-2. The molecule has 1 aromatic carbocycles. The largest absolute Gasteiger partial charge is 2.00 e. The van der Waals surface area contributed by atoms with Crippen LogP contribution in [0.1, 0.15) is 10.4 Å². The molecule has 0 radical (unpaired) electrons. The number of amides is 1. The fraction of sp³-hybridized carbons (Fsp3) is 0.125. The minimum absolute atomic E-state index is 0. The smallest absolute Gasteiger partial charge is 1.00 e. The van der Waals surface area contributed by atoms with Gasteiger partial charge in [0.2, 0.25) is 0 Å². The number of carbonyl (C=O) groups excluding carboxylic acids is 1. The van der Waals surface area contributed by atoms with Crippen LogP contribution in [-0.4, -0.2) is 13.0 Å². The molecule has 6 N–H and O–H groups in total. The monoisotopic (exact) mass is 448 g/mol. The minimum atomic E-state index is -0.308. The number of methoxy groups -OCH3 is 1. The van der Waals surface area contributed by atoms with E-state index in [1.54, 1.807) is 31.4 Å². The van der Waals surface area contributed by atoms with Gasteiger partial charge in [0.05, 0.1) is 7.11 Å². The van der Waals surface area contributed by atoms with E-state index in [4.69, 9.17) is 10.6 Å². The van der Waals surface area contributed by atoms with Crippen LogP contribution in [0.25, 0.3) is 0 Å². The van der Waals surface area contributed by atoms with Crippen molar-refractivity contribution in [1.82, 2.24) is 11.6 Å². The Morgan fingerprint density at radius 1 is 1.25 bits per heavy atom. The molecule has 96 valence electrons. The van der Waals surface area contributed by atoms with Crippen LogP contribution < -0.4 is 47.0 Å². The van der Waals surface area contributed by atoms with Crippen molar-refractivity contribution < 1.29 is 55.4 Å². The summed E-state index contributed by atoms with van der Waals surface area (Å²) in [6, 6.07) is 6.68. The first-order valence-electron chi connectivity index (χ1n) is 3.43. The number of nitrogens with two attached hydrogens (primary N) is 1. The van der Waals surface area contributed by atoms with Crippen molar-refractivity contribution in [1.29, 1.82) is 0 Å². The van der Waals surface area contributed by atoms with Crippen molar-refractivity contribution in [2.45, 2.75) is 0 Å². The third-order valence-corrected chi connectivity index (χ3v) is 1.48. The summed E-state index contributed by atoms with van der Waals surface area (Å²) in [4.78, 5) is 10.9.